The van der Waals surface area contributed by atoms with E-state index in [1.165, 1.54) is 11.8 Å². The molecule has 2 aromatic carbocycles. The molecule has 4 rings (SSSR count). The average Bonchev–Trinajstić information content (AvgIpc) is 3.21. The molecule has 0 aliphatic heterocycles. The van der Waals surface area contributed by atoms with Crippen LogP contribution in [0.5, 0.6) is 0 Å². The number of fused-ring (bicyclic) bond motifs is 2. The molecule has 0 saturated carbocycles. The maximum Gasteiger partial charge on any atom is 0.251 e. The minimum atomic E-state index is -0.108. The predicted octanol–water partition coefficient (Wildman–Crippen LogP) is 3.19. The van der Waals surface area contributed by atoms with Gasteiger partial charge in [-0.25, -0.2) is 14.6 Å². The lowest BCUT2D eigenvalue weighted by atomic mass is 10.1. The zero-order valence-corrected chi connectivity index (χ0v) is 18.3. The van der Waals surface area contributed by atoms with Crippen molar-refractivity contribution in [2.75, 3.05) is 38.4 Å². The molecule has 2 aromatic heterocycles. The minimum Gasteiger partial charge on any atom is -0.383 e. The van der Waals surface area contributed by atoms with E-state index in [0.717, 1.165) is 27.6 Å². The predicted molar refractivity (Wildman–Crippen MR) is 124 cm³/mol. The Hall–Kier alpha value is -3.17. The number of nitrogens with one attached hydrogen (secondary N) is 2. The van der Waals surface area contributed by atoms with Gasteiger partial charge in [0.2, 0.25) is 0 Å². The second-order valence-corrected chi connectivity index (χ2v) is 7.67. The van der Waals surface area contributed by atoms with E-state index in [1.807, 2.05) is 48.7 Å². The lowest BCUT2D eigenvalue weighted by Crippen LogP contribution is -2.27. The number of methoxy groups -OCH3 is 1. The number of hydrogen-bond donors (Lipinski definition) is 2. The molecule has 8 nitrogen and oxygen atoms in total. The first-order valence-electron chi connectivity index (χ1n) is 9.97. The van der Waals surface area contributed by atoms with Gasteiger partial charge in [0.05, 0.1) is 24.7 Å². The molecule has 0 saturated heterocycles. The number of hydrogen-bond acceptors (Lipinski definition) is 7. The third kappa shape index (κ3) is 4.78. The van der Waals surface area contributed by atoms with Gasteiger partial charge in [-0.3, -0.25) is 4.79 Å². The Kier molecular flexibility index (Phi) is 6.63. The van der Waals surface area contributed by atoms with E-state index < -0.39 is 0 Å². The number of amides is 1. The molecule has 0 aliphatic rings. The molecule has 0 spiro atoms. The summed E-state index contributed by atoms with van der Waals surface area (Å²) in [5, 5.41) is 14.4. The summed E-state index contributed by atoms with van der Waals surface area (Å²) in [6.07, 6.45) is 3.68. The van der Waals surface area contributed by atoms with Crippen molar-refractivity contribution in [3.63, 3.8) is 0 Å². The molecule has 31 heavy (non-hydrogen) atoms. The van der Waals surface area contributed by atoms with Gasteiger partial charge < -0.3 is 15.4 Å². The Morgan fingerprint density at radius 1 is 1.13 bits per heavy atom. The van der Waals surface area contributed by atoms with E-state index in [1.54, 1.807) is 18.0 Å². The summed E-state index contributed by atoms with van der Waals surface area (Å²) in [6, 6.07) is 13.7. The van der Waals surface area contributed by atoms with Crippen LogP contribution in [-0.4, -0.2) is 58.7 Å². The second-order valence-electron chi connectivity index (χ2n) is 6.90. The smallest absolute Gasteiger partial charge is 0.251 e. The fourth-order valence-corrected chi connectivity index (χ4v) is 3.66. The van der Waals surface area contributed by atoms with Gasteiger partial charge in [-0.05, 0) is 29.2 Å². The molecule has 0 atom stereocenters. The van der Waals surface area contributed by atoms with Gasteiger partial charge in [0.1, 0.15) is 5.82 Å². The molecule has 2 N–H and O–H groups in total. The third-order valence-electron chi connectivity index (χ3n) is 4.88. The molecule has 0 radical (unpaired) electrons. The van der Waals surface area contributed by atoms with Gasteiger partial charge >= 0.3 is 0 Å². The maximum absolute atomic E-state index is 12.6. The van der Waals surface area contributed by atoms with Crippen molar-refractivity contribution >= 4 is 45.3 Å². The van der Waals surface area contributed by atoms with Crippen molar-refractivity contribution in [2.24, 2.45) is 0 Å². The standard InChI is InChI=1S/C22H24N6O2S/c1-30-12-10-23-19-18-14-25-28(20(18)27-22(26-19)31-2)11-9-24-21(29)17-8-7-15-5-3-4-6-16(15)13-17/h3-8,13-14H,9-12H2,1-2H3,(H,24,29)(H,23,26,27). The quantitative estimate of drug-likeness (QED) is 0.236. The summed E-state index contributed by atoms with van der Waals surface area (Å²) in [7, 11) is 1.66. The summed E-state index contributed by atoms with van der Waals surface area (Å²) >= 11 is 1.47. The number of nitrogens with zero attached hydrogens (tertiary/aromatic N) is 4. The fourth-order valence-electron chi connectivity index (χ4n) is 3.30. The zero-order valence-electron chi connectivity index (χ0n) is 17.5. The van der Waals surface area contributed by atoms with E-state index in [9.17, 15) is 4.79 Å². The number of benzene rings is 2. The van der Waals surface area contributed by atoms with Crippen LogP contribution in [0.3, 0.4) is 0 Å². The van der Waals surface area contributed by atoms with Crippen molar-refractivity contribution in [1.82, 2.24) is 25.1 Å². The van der Waals surface area contributed by atoms with E-state index in [0.29, 0.717) is 37.0 Å². The summed E-state index contributed by atoms with van der Waals surface area (Å²) in [5.74, 6) is 0.626. The Labute approximate surface area is 184 Å². The number of aromatic nitrogens is 4. The monoisotopic (exact) mass is 436 g/mol. The number of ether oxygens (including phenoxy) is 1. The molecule has 0 aliphatic carbocycles. The highest BCUT2D eigenvalue weighted by molar-refractivity contribution is 7.98. The summed E-state index contributed by atoms with van der Waals surface area (Å²) in [5.41, 5.74) is 1.37. The van der Waals surface area contributed by atoms with Gasteiger partial charge in [0, 0.05) is 25.8 Å². The first-order valence-corrected chi connectivity index (χ1v) is 11.2. The van der Waals surface area contributed by atoms with Gasteiger partial charge in [-0.15, -0.1) is 0 Å². The number of rotatable bonds is 9. The van der Waals surface area contributed by atoms with Crippen LogP contribution >= 0.6 is 11.8 Å². The highest BCUT2D eigenvalue weighted by Gasteiger charge is 2.13. The lowest BCUT2D eigenvalue weighted by Gasteiger charge is -2.09. The largest absolute Gasteiger partial charge is 0.383 e. The van der Waals surface area contributed by atoms with E-state index >= 15 is 0 Å². The first kappa shape index (κ1) is 21.1. The molecule has 4 aromatic rings. The Morgan fingerprint density at radius 2 is 1.97 bits per heavy atom. The van der Waals surface area contributed by atoms with Crippen molar-refractivity contribution in [1.29, 1.82) is 0 Å². The molecule has 160 valence electrons. The van der Waals surface area contributed by atoms with Crippen molar-refractivity contribution in [2.45, 2.75) is 11.7 Å². The van der Waals surface area contributed by atoms with Crippen LogP contribution in [0.4, 0.5) is 5.82 Å². The van der Waals surface area contributed by atoms with Crippen LogP contribution < -0.4 is 10.6 Å². The van der Waals surface area contributed by atoms with Gasteiger partial charge in [0.25, 0.3) is 5.91 Å². The molecular formula is C22H24N6O2S. The normalized spacial score (nSPS) is 11.2. The van der Waals surface area contributed by atoms with Crippen LogP contribution in [0.1, 0.15) is 10.4 Å². The summed E-state index contributed by atoms with van der Waals surface area (Å²) < 4.78 is 6.89. The molecule has 9 heteroatoms. The first-order chi connectivity index (χ1) is 15.2. The molecular weight excluding hydrogens is 412 g/mol. The number of thioether (sulfide) groups is 1. The van der Waals surface area contributed by atoms with Crippen LogP contribution in [0, 0.1) is 0 Å². The number of carbonyl (C=O) groups is 1. The molecule has 1 amide bonds. The zero-order chi connectivity index (χ0) is 21.6. The van der Waals surface area contributed by atoms with Crippen molar-refractivity contribution in [3.8, 4) is 0 Å². The van der Waals surface area contributed by atoms with E-state index in [4.69, 9.17) is 4.74 Å². The van der Waals surface area contributed by atoms with Crippen LogP contribution in [0.15, 0.2) is 53.8 Å². The minimum absolute atomic E-state index is 0.108. The Morgan fingerprint density at radius 3 is 2.77 bits per heavy atom. The topological polar surface area (TPSA) is 94.0 Å². The van der Waals surface area contributed by atoms with Gasteiger partial charge in [-0.2, -0.15) is 5.10 Å². The van der Waals surface area contributed by atoms with Gasteiger partial charge in [-0.1, -0.05) is 42.1 Å². The highest BCUT2D eigenvalue weighted by Crippen LogP contribution is 2.23. The average molecular weight is 437 g/mol. The highest BCUT2D eigenvalue weighted by atomic mass is 32.2. The van der Waals surface area contributed by atoms with E-state index in [2.05, 4.69) is 25.7 Å². The SMILES string of the molecule is COCCNc1nc(SC)nc2c1cnn2CCNC(=O)c1ccc2ccccc2c1. The van der Waals surface area contributed by atoms with Crippen LogP contribution in [0.25, 0.3) is 21.8 Å². The Balaban J connectivity index is 1.45. The molecule has 0 fully saturated rings. The molecule has 0 unspecified atom stereocenters. The molecule has 2 heterocycles. The third-order valence-corrected chi connectivity index (χ3v) is 5.43. The maximum atomic E-state index is 12.6. The summed E-state index contributed by atoms with van der Waals surface area (Å²) in [4.78, 5) is 21.7. The second kappa shape index (κ2) is 9.76. The molecule has 0 bridgehead atoms. The number of anilines is 1. The summed E-state index contributed by atoms with van der Waals surface area (Å²) in [6.45, 7) is 2.16. The van der Waals surface area contributed by atoms with Gasteiger partial charge in [0.15, 0.2) is 10.8 Å². The van der Waals surface area contributed by atoms with Crippen molar-refractivity contribution < 1.29 is 9.53 Å². The number of carbonyl (C=O) groups excluding carboxylic acids is 1. The lowest BCUT2D eigenvalue weighted by molar-refractivity contribution is 0.0952. The van der Waals surface area contributed by atoms with E-state index in [-0.39, 0.29) is 5.91 Å². The Bertz CT molecular complexity index is 1210. The van der Waals surface area contributed by atoms with Crippen LogP contribution in [-0.2, 0) is 11.3 Å². The van der Waals surface area contributed by atoms with Crippen molar-refractivity contribution in [3.05, 3.63) is 54.2 Å². The van der Waals surface area contributed by atoms with Crippen LogP contribution in [0.2, 0.25) is 0 Å². The fraction of sp³-hybridized carbons (Fsp3) is 0.273.